The molecule has 3 rings (SSSR count). The summed E-state index contributed by atoms with van der Waals surface area (Å²) in [6.45, 7) is 3.58. The number of aliphatic carboxylic acids is 2. The lowest BCUT2D eigenvalue weighted by atomic mass is 10.1. The van der Waals surface area contributed by atoms with Crippen LogP contribution in [0.1, 0.15) is 19.7 Å². The van der Waals surface area contributed by atoms with Crippen molar-refractivity contribution in [1.82, 2.24) is 9.88 Å². The molecule has 0 aliphatic rings. The average Bonchev–Trinajstić information content (AvgIpc) is 3.18. The van der Waals surface area contributed by atoms with Gasteiger partial charge < -0.3 is 24.8 Å². The van der Waals surface area contributed by atoms with E-state index in [1.165, 1.54) is 0 Å². The first kappa shape index (κ1) is 27.5. The molecule has 0 spiro atoms. The summed E-state index contributed by atoms with van der Waals surface area (Å²) >= 11 is 0. The summed E-state index contributed by atoms with van der Waals surface area (Å²) in [6, 6.07) is 19.8. The molecule has 3 aromatic rings. The van der Waals surface area contributed by atoms with Crippen molar-refractivity contribution in [3.8, 4) is 22.6 Å². The Morgan fingerprint density at radius 2 is 1.24 bits per heavy atom. The van der Waals surface area contributed by atoms with Gasteiger partial charge in [0.05, 0.1) is 19.8 Å². The highest BCUT2D eigenvalue weighted by Gasteiger charge is 2.18. The summed E-state index contributed by atoms with van der Waals surface area (Å²) < 4.78 is 6.06. The van der Waals surface area contributed by atoms with Gasteiger partial charge in [-0.2, -0.15) is 0 Å². The molecule has 0 aliphatic heterocycles. The predicted molar refractivity (Wildman–Crippen MR) is 123 cm³/mol. The molecule has 0 saturated carbocycles. The minimum atomic E-state index is -0.833. The third-order valence-electron chi connectivity index (χ3n) is 3.95. The average molecular weight is 459 g/mol. The topological polar surface area (TPSA) is 144 Å². The molecule has 4 N–H and O–H groups in total. The van der Waals surface area contributed by atoms with E-state index in [9.17, 15) is 10.2 Å². The minimum Gasteiger partial charge on any atom is -0.481 e. The number of hydrogen-bond donors (Lipinski definition) is 4. The van der Waals surface area contributed by atoms with Crippen LogP contribution in [0, 0.1) is 0 Å². The van der Waals surface area contributed by atoms with Gasteiger partial charge in [0.25, 0.3) is 11.9 Å². The maximum Gasteiger partial charge on any atom is 0.300 e. The van der Waals surface area contributed by atoms with Gasteiger partial charge in [0.2, 0.25) is 5.89 Å². The normalized spacial score (nSPS) is 9.97. The molecule has 9 nitrogen and oxygen atoms in total. The van der Waals surface area contributed by atoms with Crippen LogP contribution < -0.4 is 0 Å². The second-order valence-electron chi connectivity index (χ2n) is 6.78. The quantitative estimate of drug-likeness (QED) is 0.400. The highest BCUT2D eigenvalue weighted by atomic mass is 16.4. The van der Waals surface area contributed by atoms with Crippen molar-refractivity contribution < 1.29 is 34.4 Å². The monoisotopic (exact) mass is 458 g/mol. The van der Waals surface area contributed by atoms with E-state index in [1.807, 2.05) is 65.6 Å². The number of carboxylic acids is 2. The van der Waals surface area contributed by atoms with Crippen LogP contribution in [-0.4, -0.2) is 68.6 Å². The lowest BCUT2D eigenvalue weighted by molar-refractivity contribution is -0.135. The zero-order valence-corrected chi connectivity index (χ0v) is 18.7. The molecule has 178 valence electrons. The smallest absolute Gasteiger partial charge is 0.300 e. The number of aliphatic hydroxyl groups is 2. The molecule has 9 heteroatoms. The molecule has 0 fully saturated rings. The highest BCUT2D eigenvalue weighted by molar-refractivity contribution is 5.76. The van der Waals surface area contributed by atoms with Crippen molar-refractivity contribution in [2.75, 3.05) is 26.3 Å². The molecule has 33 heavy (non-hydrogen) atoms. The first-order chi connectivity index (χ1) is 15.8. The van der Waals surface area contributed by atoms with Gasteiger partial charge in [-0.1, -0.05) is 60.7 Å². The lowest BCUT2D eigenvalue weighted by Gasteiger charge is -2.17. The van der Waals surface area contributed by atoms with Crippen LogP contribution in [0.15, 0.2) is 65.1 Å². The van der Waals surface area contributed by atoms with Crippen LogP contribution in [0.2, 0.25) is 0 Å². The number of rotatable bonds is 8. The van der Waals surface area contributed by atoms with Gasteiger partial charge >= 0.3 is 0 Å². The third kappa shape index (κ3) is 11.1. The van der Waals surface area contributed by atoms with Crippen LogP contribution in [0.3, 0.4) is 0 Å². The Morgan fingerprint density at radius 1 is 0.818 bits per heavy atom. The number of oxazole rings is 1. The maximum atomic E-state index is 9.18. The lowest BCUT2D eigenvalue weighted by Crippen LogP contribution is -2.29. The predicted octanol–water partition coefficient (Wildman–Crippen LogP) is 2.98. The molecule has 0 bridgehead atoms. The van der Waals surface area contributed by atoms with Gasteiger partial charge in [0.1, 0.15) is 5.69 Å². The summed E-state index contributed by atoms with van der Waals surface area (Å²) in [5.41, 5.74) is 2.76. The Balaban J connectivity index is 0.000000591. The summed E-state index contributed by atoms with van der Waals surface area (Å²) in [5, 5.41) is 33.2. The molecular formula is C24H30N2O7. The molecule has 0 atom stereocenters. The number of aliphatic hydroxyl groups excluding tert-OH is 2. The second-order valence-corrected chi connectivity index (χ2v) is 6.78. The largest absolute Gasteiger partial charge is 0.481 e. The van der Waals surface area contributed by atoms with Crippen molar-refractivity contribution >= 4 is 11.9 Å². The van der Waals surface area contributed by atoms with Gasteiger partial charge in [-0.05, 0) is 0 Å². The van der Waals surface area contributed by atoms with Crippen LogP contribution in [0.25, 0.3) is 22.6 Å². The van der Waals surface area contributed by atoms with E-state index in [2.05, 4.69) is 4.98 Å². The third-order valence-corrected chi connectivity index (χ3v) is 3.95. The van der Waals surface area contributed by atoms with Crippen LogP contribution in [0.4, 0.5) is 0 Å². The maximum absolute atomic E-state index is 9.18. The second kappa shape index (κ2) is 15.3. The zero-order valence-electron chi connectivity index (χ0n) is 18.7. The molecular weight excluding hydrogens is 428 g/mol. The number of nitrogens with zero attached hydrogens (tertiary/aromatic N) is 2. The van der Waals surface area contributed by atoms with Crippen LogP contribution in [-0.2, 0) is 16.1 Å². The van der Waals surface area contributed by atoms with E-state index in [-0.39, 0.29) is 13.2 Å². The van der Waals surface area contributed by atoms with Gasteiger partial charge in [0.15, 0.2) is 5.76 Å². The zero-order chi connectivity index (χ0) is 24.6. The van der Waals surface area contributed by atoms with Crippen LogP contribution >= 0.6 is 0 Å². The molecule has 0 radical (unpaired) electrons. The molecule has 0 amide bonds. The number of aromatic nitrogens is 1. The Morgan fingerprint density at radius 3 is 1.67 bits per heavy atom. The van der Waals surface area contributed by atoms with Gasteiger partial charge in [-0.25, -0.2) is 4.98 Å². The van der Waals surface area contributed by atoms with Crippen molar-refractivity contribution in [2.45, 2.75) is 20.4 Å². The van der Waals surface area contributed by atoms with Crippen molar-refractivity contribution in [3.63, 3.8) is 0 Å². The molecule has 0 saturated heterocycles. The Hall–Kier alpha value is -3.53. The van der Waals surface area contributed by atoms with Gasteiger partial charge in [-0.15, -0.1) is 0 Å². The molecule has 0 unspecified atom stereocenters. The standard InChI is InChI=1S/C20H22N2O3.2C2H4O2/c23-13-11-22(12-14-24)15-18-21-19(16-7-3-1-4-8-16)20(25-18)17-9-5-2-6-10-17;2*1-2(3)4/h1-10,23-24H,11-15H2;2*1H3,(H,3,4). The fourth-order valence-electron chi connectivity index (χ4n) is 2.75. The van der Waals surface area contributed by atoms with E-state index in [4.69, 9.17) is 24.2 Å². The highest BCUT2D eigenvalue weighted by Crippen LogP contribution is 2.32. The molecule has 1 heterocycles. The van der Waals surface area contributed by atoms with Gasteiger partial charge in [-0.3, -0.25) is 14.5 Å². The summed E-state index contributed by atoms with van der Waals surface area (Å²) in [7, 11) is 0. The van der Waals surface area contributed by atoms with Crippen molar-refractivity contribution in [2.24, 2.45) is 0 Å². The van der Waals surface area contributed by atoms with E-state index >= 15 is 0 Å². The number of hydrogen-bond acceptors (Lipinski definition) is 7. The molecule has 2 aromatic carbocycles. The minimum absolute atomic E-state index is 0.0256. The molecule has 1 aromatic heterocycles. The number of carboxylic acid groups (broad SMARTS) is 2. The molecule has 0 aliphatic carbocycles. The van der Waals surface area contributed by atoms with Gasteiger partial charge in [0, 0.05) is 38.1 Å². The fraction of sp³-hybridized carbons (Fsp3) is 0.292. The SMILES string of the molecule is CC(=O)O.CC(=O)O.OCCN(CCO)Cc1nc(-c2ccccc2)c(-c2ccccc2)o1. The van der Waals surface area contributed by atoms with Crippen LogP contribution in [0.5, 0.6) is 0 Å². The number of carbonyl (C=O) groups is 2. The van der Waals surface area contributed by atoms with Crippen molar-refractivity contribution in [1.29, 1.82) is 0 Å². The fourth-order valence-corrected chi connectivity index (χ4v) is 2.75. The Kier molecular flexibility index (Phi) is 12.8. The first-order valence-electron chi connectivity index (χ1n) is 10.2. The van der Waals surface area contributed by atoms with Crippen molar-refractivity contribution in [3.05, 3.63) is 66.6 Å². The first-order valence-corrected chi connectivity index (χ1v) is 10.2. The van der Waals surface area contributed by atoms with E-state index in [0.29, 0.717) is 25.5 Å². The van der Waals surface area contributed by atoms with E-state index in [1.54, 1.807) is 0 Å². The summed E-state index contributed by atoms with van der Waals surface area (Å²) in [5.74, 6) is -0.366. The Labute approximate surface area is 192 Å². The van der Waals surface area contributed by atoms with E-state index in [0.717, 1.165) is 36.4 Å². The summed E-state index contributed by atoms with van der Waals surface area (Å²) in [6.07, 6.45) is 0. The number of benzene rings is 2. The Bertz CT molecular complexity index is 876. The summed E-state index contributed by atoms with van der Waals surface area (Å²) in [4.78, 5) is 24.6. The van der Waals surface area contributed by atoms with E-state index < -0.39 is 11.9 Å².